The second kappa shape index (κ2) is 4.00. The first-order chi connectivity index (χ1) is 5.59. The molecule has 0 unspecified atom stereocenters. The molecule has 0 saturated heterocycles. The molecule has 0 amide bonds. The third-order valence-electron chi connectivity index (χ3n) is 1.03. The average molecular weight is 250 g/mol. The van der Waals surface area contributed by atoms with Crippen LogP contribution in [0.15, 0.2) is 9.30 Å². The monoisotopic (exact) mass is 249 g/mol. The summed E-state index contributed by atoms with van der Waals surface area (Å²) in [5.41, 5.74) is 0.362. The molecule has 0 N–H and O–H groups in total. The zero-order valence-corrected chi connectivity index (χ0v) is 9.11. The molecule has 1 heterocycles. The van der Waals surface area contributed by atoms with Crippen molar-refractivity contribution >= 4 is 33.2 Å². The average Bonchev–Trinajstić information content (AvgIpc) is 2.34. The normalized spacial score (nSPS) is 10.3. The van der Waals surface area contributed by atoms with Gasteiger partial charge in [-0.1, -0.05) is 0 Å². The van der Waals surface area contributed by atoms with Crippen LogP contribution in [0.1, 0.15) is 24.3 Å². The van der Waals surface area contributed by atoms with Crippen molar-refractivity contribution in [1.82, 2.24) is 4.98 Å². The van der Waals surface area contributed by atoms with E-state index in [0.717, 1.165) is 0 Å². The maximum atomic E-state index is 11.2. The lowest BCUT2D eigenvalue weighted by Crippen LogP contribution is -2.11. The Morgan fingerprint density at radius 3 is 2.83 bits per heavy atom. The van der Waals surface area contributed by atoms with Crippen LogP contribution in [0.3, 0.4) is 0 Å². The summed E-state index contributed by atoms with van der Waals surface area (Å²) in [6.07, 6.45) is -0.0991. The molecule has 0 radical (unpaired) electrons. The van der Waals surface area contributed by atoms with Gasteiger partial charge in [-0.05, 0) is 29.8 Å². The van der Waals surface area contributed by atoms with E-state index in [4.69, 9.17) is 4.74 Å². The number of rotatable bonds is 2. The minimum absolute atomic E-state index is 0.0991. The Kier molecular flexibility index (Phi) is 3.22. The molecule has 3 nitrogen and oxygen atoms in total. The van der Waals surface area contributed by atoms with Gasteiger partial charge in [0.05, 0.1) is 6.10 Å². The second-order valence-corrected chi connectivity index (χ2v) is 4.57. The van der Waals surface area contributed by atoms with Crippen molar-refractivity contribution in [2.45, 2.75) is 20.0 Å². The second-order valence-electron chi connectivity index (χ2n) is 2.44. The largest absolute Gasteiger partial charge is 0.458 e. The molecule has 1 aromatic heterocycles. The highest BCUT2D eigenvalue weighted by atomic mass is 79.9. The first-order valence-electron chi connectivity index (χ1n) is 3.41. The van der Waals surface area contributed by atoms with Crippen LogP contribution < -0.4 is 0 Å². The maximum Gasteiger partial charge on any atom is 0.358 e. The topological polar surface area (TPSA) is 39.2 Å². The van der Waals surface area contributed by atoms with Crippen LogP contribution in [0.2, 0.25) is 0 Å². The van der Waals surface area contributed by atoms with E-state index in [9.17, 15) is 4.79 Å². The number of carbonyl (C=O) groups excluding carboxylic acids is 1. The van der Waals surface area contributed by atoms with Crippen molar-refractivity contribution in [3.63, 3.8) is 0 Å². The van der Waals surface area contributed by atoms with Gasteiger partial charge in [-0.25, -0.2) is 9.78 Å². The Hall–Kier alpha value is -0.420. The van der Waals surface area contributed by atoms with Crippen LogP contribution in [0.4, 0.5) is 0 Å². The molecule has 12 heavy (non-hydrogen) atoms. The van der Waals surface area contributed by atoms with Gasteiger partial charge in [0.2, 0.25) is 0 Å². The first kappa shape index (κ1) is 9.67. The number of hydrogen-bond acceptors (Lipinski definition) is 4. The van der Waals surface area contributed by atoms with Crippen LogP contribution in [0.25, 0.3) is 0 Å². The van der Waals surface area contributed by atoms with E-state index in [0.29, 0.717) is 9.61 Å². The number of aromatic nitrogens is 1. The van der Waals surface area contributed by atoms with Crippen molar-refractivity contribution in [3.8, 4) is 0 Å². The third-order valence-corrected chi connectivity index (χ3v) is 2.39. The van der Waals surface area contributed by atoms with Gasteiger partial charge in [-0.3, -0.25) is 0 Å². The summed E-state index contributed by atoms with van der Waals surface area (Å²) >= 11 is 4.53. The van der Waals surface area contributed by atoms with E-state index in [1.54, 1.807) is 19.2 Å². The van der Waals surface area contributed by atoms with Gasteiger partial charge in [-0.15, -0.1) is 11.3 Å². The van der Waals surface area contributed by atoms with Crippen molar-refractivity contribution in [1.29, 1.82) is 0 Å². The molecule has 66 valence electrons. The summed E-state index contributed by atoms with van der Waals surface area (Å²) in [6, 6.07) is 0. The van der Waals surface area contributed by atoms with E-state index in [1.165, 1.54) is 11.3 Å². The lowest BCUT2D eigenvalue weighted by Gasteiger charge is -2.04. The van der Waals surface area contributed by atoms with Crippen LogP contribution >= 0.6 is 27.3 Å². The number of halogens is 1. The zero-order chi connectivity index (χ0) is 9.14. The molecular formula is C7H8BrNO2S. The van der Waals surface area contributed by atoms with E-state index >= 15 is 0 Å². The fourth-order valence-corrected chi connectivity index (χ4v) is 1.60. The lowest BCUT2D eigenvalue weighted by atomic mass is 10.4. The van der Waals surface area contributed by atoms with Gasteiger partial charge in [-0.2, -0.15) is 0 Å². The van der Waals surface area contributed by atoms with Crippen LogP contribution in [0.5, 0.6) is 0 Å². The molecule has 0 saturated carbocycles. The summed E-state index contributed by atoms with van der Waals surface area (Å²) in [5, 5.41) is 1.66. The van der Waals surface area contributed by atoms with E-state index in [2.05, 4.69) is 20.9 Å². The molecule has 1 rings (SSSR count). The van der Waals surface area contributed by atoms with Crippen LogP contribution in [-0.4, -0.2) is 17.1 Å². The van der Waals surface area contributed by atoms with Gasteiger partial charge in [0.1, 0.15) is 0 Å². The number of ether oxygens (including phenoxy) is 1. The van der Waals surface area contributed by atoms with Crippen molar-refractivity contribution < 1.29 is 9.53 Å². The number of hydrogen-bond donors (Lipinski definition) is 0. The quantitative estimate of drug-likeness (QED) is 0.757. The molecule has 0 atom stereocenters. The van der Waals surface area contributed by atoms with Crippen molar-refractivity contribution in [2.75, 3.05) is 0 Å². The molecule has 0 aromatic carbocycles. The summed E-state index contributed by atoms with van der Waals surface area (Å²) in [6.45, 7) is 3.61. The molecular weight excluding hydrogens is 242 g/mol. The Labute approximate surface area is 82.9 Å². The SMILES string of the molecule is CC(C)OC(=O)c1csc(Br)n1. The van der Waals surface area contributed by atoms with E-state index in [1.807, 2.05) is 0 Å². The molecule has 0 aliphatic heterocycles. The lowest BCUT2D eigenvalue weighted by molar-refractivity contribution is 0.0371. The van der Waals surface area contributed by atoms with E-state index < -0.39 is 0 Å². The van der Waals surface area contributed by atoms with Gasteiger partial charge in [0, 0.05) is 5.38 Å². The zero-order valence-electron chi connectivity index (χ0n) is 6.70. The maximum absolute atomic E-state index is 11.2. The number of esters is 1. The van der Waals surface area contributed by atoms with E-state index in [-0.39, 0.29) is 12.1 Å². The number of carbonyl (C=O) groups is 1. The van der Waals surface area contributed by atoms with Gasteiger partial charge < -0.3 is 4.74 Å². The molecule has 0 bridgehead atoms. The van der Waals surface area contributed by atoms with Gasteiger partial charge >= 0.3 is 5.97 Å². The Morgan fingerprint density at radius 1 is 1.75 bits per heavy atom. The van der Waals surface area contributed by atoms with Crippen molar-refractivity contribution in [2.24, 2.45) is 0 Å². The minimum Gasteiger partial charge on any atom is -0.458 e. The highest BCUT2D eigenvalue weighted by Gasteiger charge is 2.12. The Bertz CT molecular complexity index is 285. The fourth-order valence-electron chi connectivity index (χ4n) is 0.620. The highest BCUT2D eigenvalue weighted by Crippen LogP contribution is 2.16. The molecule has 5 heteroatoms. The van der Waals surface area contributed by atoms with Gasteiger partial charge in [0.15, 0.2) is 9.61 Å². The van der Waals surface area contributed by atoms with Crippen LogP contribution in [0, 0.1) is 0 Å². The van der Waals surface area contributed by atoms with Crippen molar-refractivity contribution in [3.05, 3.63) is 15.0 Å². The Balaban J connectivity index is 2.65. The first-order valence-corrected chi connectivity index (χ1v) is 5.09. The molecule has 1 aromatic rings. The standard InChI is InChI=1S/C7H8BrNO2S/c1-4(2)11-6(10)5-3-12-7(8)9-5/h3-4H,1-2H3. The summed E-state index contributed by atoms with van der Waals surface area (Å²) in [5.74, 6) is -0.369. The van der Waals surface area contributed by atoms with Gasteiger partial charge in [0.25, 0.3) is 0 Å². The molecule has 0 aliphatic carbocycles. The summed E-state index contributed by atoms with van der Waals surface area (Å²) < 4.78 is 5.63. The Morgan fingerprint density at radius 2 is 2.42 bits per heavy atom. The predicted octanol–water partition coefficient (Wildman–Crippen LogP) is 2.47. The molecule has 0 fully saturated rings. The number of thiazole rings is 1. The third kappa shape index (κ3) is 2.57. The smallest absolute Gasteiger partial charge is 0.358 e. The molecule has 0 spiro atoms. The fraction of sp³-hybridized carbons (Fsp3) is 0.429. The summed E-state index contributed by atoms with van der Waals surface area (Å²) in [7, 11) is 0. The highest BCUT2D eigenvalue weighted by molar-refractivity contribution is 9.11. The predicted molar refractivity (Wildman–Crippen MR) is 50.4 cm³/mol. The summed E-state index contributed by atoms with van der Waals surface area (Å²) in [4.78, 5) is 15.1. The minimum atomic E-state index is -0.369. The number of nitrogens with zero attached hydrogens (tertiary/aromatic N) is 1. The van der Waals surface area contributed by atoms with Crippen LogP contribution in [-0.2, 0) is 4.74 Å². The molecule has 0 aliphatic rings.